The molecular formula is C13H14F3NO3. The van der Waals surface area contributed by atoms with Gasteiger partial charge >= 0.3 is 6.18 Å². The number of nitrogens with zero attached hydrogens (tertiary/aromatic N) is 1. The van der Waals surface area contributed by atoms with E-state index in [1.54, 1.807) is 0 Å². The Hall–Kier alpha value is -1.60. The van der Waals surface area contributed by atoms with E-state index in [0.717, 1.165) is 12.1 Å². The maximum absolute atomic E-state index is 12.9. The summed E-state index contributed by atoms with van der Waals surface area (Å²) < 4.78 is 43.8. The molecule has 0 aromatic heterocycles. The molecule has 7 heteroatoms. The average Bonchev–Trinajstić information content (AvgIpc) is 2.45. The van der Waals surface area contributed by atoms with Crippen LogP contribution in [0.15, 0.2) is 24.3 Å². The molecule has 1 aliphatic rings. The number of morpholine rings is 1. The van der Waals surface area contributed by atoms with E-state index in [4.69, 9.17) is 4.74 Å². The largest absolute Gasteiger partial charge is 0.417 e. The Morgan fingerprint density at radius 1 is 1.40 bits per heavy atom. The Labute approximate surface area is 113 Å². The van der Waals surface area contributed by atoms with Crippen molar-refractivity contribution in [2.24, 2.45) is 0 Å². The van der Waals surface area contributed by atoms with Gasteiger partial charge in [-0.1, -0.05) is 12.1 Å². The predicted octanol–water partition coefficient (Wildman–Crippen LogP) is 1.54. The van der Waals surface area contributed by atoms with Crippen LogP contribution in [0.2, 0.25) is 0 Å². The van der Waals surface area contributed by atoms with Gasteiger partial charge in [-0.05, 0) is 12.1 Å². The summed E-state index contributed by atoms with van der Waals surface area (Å²) in [6, 6.07) is 4.04. The van der Waals surface area contributed by atoms with E-state index in [0.29, 0.717) is 0 Å². The van der Waals surface area contributed by atoms with Crippen LogP contribution in [0.25, 0.3) is 0 Å². The minimum absolute atomic E-state index is 0.121. The van der Waals surface area contributed by atoms with Gasteiger partial charge in [0.15, 0.2) is 0 Å². The molecule has 4 nitrogen and oxygen atoms in total. The van der Waals surface area contributed by atoms with Gasteiger partial charge in [-0.3, -0.25) is 4.79 Å². The van der Waals surface area contributed by atoms with Crippen molar-refractivity contribution >= 4 is 5.91 Å². The van der Waals surface area contributed by atoms with Crippen LogP contribution in [0, 0.1) is 0 Å². The Morgan fingerprint density at radius 2 is 2.10 bits per heavy atom. The van der Waals surface area contributed by atoms with Gasteiger partial charge in [0.05, 0.1) is 37.0 Å². The zero-order valence-electron chi connectivity index (χ0n) is 10.6. The maximum Gasteiger partial charge on any atom is 0.417 e. The number of carbonyl (C=O) groups excluding carboxylic acids is 1. The van der Waals surface area contributed by atoms with Gasteiger partial charge in [-0.15, -0.1) is 0 Å². The Kier molecular flexibility index (Phi) is 4.29. The zero-order valence-corrected chi connectivity index (χ0v) is 10.6. The van der Waals surface area contributed by atoms with Crippen LogP contribution < -0.4 is 0 Å². The normalized spacial score (nSPS) is 20.0. The van der Waals surface area contributed by atoms with E-state index in [-0.39, 0.29) is 26.4 Å². The van der Waals surface area contributed by atoms with Gasteiger partial charge in [-0.25, -0.2) is 0 Å². The summed E-state index contributed by atoms with van der Waals surface area (Å²) in [6.07, 6.45) is -4.59. The van der Waals surface area contributed by atoms with Crippen molar-refractivity contribution < 1.29 is 27.8 Å². The third kappa shape index (κ3) is 2.94. The number of aliphatic hydroxyl groups is 1. The third-order valence-electron chi connectivity index (χ3n) is 3.16. The van der Waals surface area contributed by atoms with E-state index in [1.807, 2.05) is 0 Å². The van der Waals surface area contributed by atoms with Crippen molar-refractivity contribution in [1.82, 2.24) is 4.90 Å². The molecule has 110 valence electrons. The molecule has 0 saturated carbocycles. The van der Waals surface area contributed by atoms with Crippen molar-refractivity contribution in [3.8, 4) is 0 Å². The van der Waals surface area contributed by atoms with Crippen LogP contribution >= 0.6 is 0 Å². The average molecular weight is 289 g/mol. The Bertz CT molecular complexity index is 490. The molecule has 1 atom stereocenters. The first-order chi connectivity index (χ1) is 9.45. The highest BCUT2D eigenvalue weighted by Gasteiger charge is 2.37. The molecule has 0 unspecified atom stereocenters. The fraction of sp³-hybridized carbons (Fsp3) is 0.462. The topological polar surface area (TPSA) is 49.8 Å². The molecule has 1 aromatic carbocycles. The lowest BCUT2D eigenvalue weighted by atomic mass is 10.0. The molecule has 1 heterocycles. The lowest BCUT2D eigenvalue weighted by Gasteiger charge is -2.35. The van der Waals surface area contributed by atoms with E-state index in [9.17, 15) is 23.1 Å². The molecule has 20 heavy (non-hydrogen) atoms. The van der Waals surface area contributed by atoms with Crippen LogP contribution in [0.3, 0.4) is 0 Å². The first-order valence-electron chi connectivity index (χ1n) is 6.11. The lowest BCUT2D eigenvalue weighted by molar-refractivity contribution is -0.138. The highest BCUT2D eigenvalue weighted by atomic mass is 19.4. The van der Waals surface area contributed by atoms with Gasteiger partial charge in [0, 0.05) is 6.54 Å². The fourth-order valence-electron chi connectivity index (χ4n) is 2.14. The summed E-state index contributed by atoms with van der Waals surface area (Å²) in [6.45, 7) is 0.184. The smallest absolute Gasteiger partial charge is 0.394 e. The summed E-state index contributed by atoms with van der Waals surface area (Å²) in [4.78, 5) is 13.5. The molecule has 1 amide bonds. The molecule has 0 spiro atoms. The minimum Gasteiger partial charge on any atom is -0.394 e. The molecule has 1 saturated heterocycles. The van der Waals surface area contributed by atoms with E-state index >= 15 is 0 Å². The van der Waals surface area contributed by atoms with Crippen LogP contribution in [0.4, 0.5) is 13.2 Å². The summed E-state index contributed by atoms with van der Waals surface area (Å²) in [5.41, 5.74) is -1.37. The first kappa shape index (κ1) is 14.8. The molecule has 1 aromatic rings. The van der Waals surface area contributed by atoms with Gasteiger partial charge in [0.2, 0.25) is 0 Å². The van der Waals surface area contributed by atoms with Crippen LogP contribution in [-0.2, 0) is 10.9 Å². The van der Waals surface area contributed by atoms with Crippen LogP contribution in [0.5, 0.6) is 0 Å². The van der Waals surface area contributed by atoms with Gasteiger partial charge in [0.1, 0.15) is 0 Å². The number of carbonyl (C=O) groups is 1. The SMILES string of the molecule is O=C(c1ccccc1C(F)(F)F)N1CCOC[C@@H]1CO. The third-order valence-corrected chi connectivity index (χ3v) is 3.16. The highest BCUT2D eigenvalue weighted by Crippen LogP contribution is 2.32. The Balaban J connectivity index is 2.33. The van der Waals surface area contributed by atoms with Crippen LogP contribution in [0.1, 0.15) is 15.9 Å². The molecule has 0 radical (unpaired) electrons. The summed E-state index contributed by atoms with van der Waals surface area (Å²) in [5, 5.41) is 9.19. The number of alkyl halides is 3. The van der Waals surface area contributed by atoms with E-state index in [1.165, 1.54) is 17.0 Å². The van der Waals surface area contributed by atoms with Crippen molar-refractivity contribution in [2.75, 3.05) is 26.4 Å². The molecular weight excluding hydrogens is 275 g/mol. The Morgan fingerprint density at radius 3 is 2.75 bits per heavy atom. The molecule has 1 fully saturated rings. The lowest BCUT2D eigenvalue weighted by Crippen LogP contribution is -2.50. The number of aliphatic hydroxyl groups excluding tert-OH is 1. The van der Waals surface area contributed by atoms with E-state index in [2.05, 4.69) is 0 Å². The quantitative estimate of drug-likeness (QED) is 0.898. The van der Waals surface area contributed by atoms with E-state index < -0.39 is 29.3 Å². The van der Waals surface area contributed by atoms with Crippen molar-refractivity contribution in [2.45, 2.75) is 12.2 Å². The second kappa shape index (κ2) is 5.80. The number of amides is 1. The molecule has 1 aliphatic heterocycles. The van der Waals surface area contributed by atoms with Crippen molar-refractivity contribution in [3.63, 3.8) is 0 Å². The summed E-state index contributed by atoms with van der Waals surface area (Å²) >= 11 is 0. The number of halogens is 3. The summed E-state index contributed by atoms with van der Waals surface area (Å²) in [7, 11) is 0. The number of rotatable bonds is 2. The minimum atomic E-state index is -4.59. The molecule has 0 bridgehead atoms. The van der Waals surface area contributed by atoms with Crippen molar-refractivity contribution in [1.29, 1.82) is 0 Å². The van der Waals surface area contributed by atoms with Crippen molar-refractivity contribution in [3.05, 3.63) is 35.4 Å². The first-order valence-corrected chi connectivity index (χ1v) is 6.11. The number of hydrogen-bond donors (Lipinski definition) is 1. The van der Waals surface area contributed by atoms with Gasteiger partial charge < -0.3 is 14.7 Å². The number of hydrogen-bond acceptors (Lipinski definition) is 3. The second-order valence-electron chi connectivity index (χ2n) is 4.45. The van der Waals surface area contributed by atoms with Gasteiger partial charge in [0.25, 0.3) is 5.91 Å². The highest BCUT2D eigenvalue weighted by molar-refractivity contribution is 5.96. The van der Waals surface area contributed by atoms with Crippen LogP contribution in [-0.4, -0.2) is 48.3 Å². The monoisotopic (exact) mass is 289 g/mol. The maximum atomic E-state index is 12.9. The van der Waals surface area contributed by atoms with Gasteiger partial charge in [-0.2, -0.15) is 13.2 Å². The number of ether oxygens (including phenoxy) is 1. The molecule has 1 N–H and O–H groups in total. The molecule has 0 aliphatic carbocycles. The molecule has 2 rings (SSSR count). The summed E-state index contributed by atoms with van der Waals surface area (Å²) in [5.74, 6) is -0.736. The predicted molar refractivity (Wildman–Crippen MR) is 64.2 cm³/mol. The standard InChI is InChI=1S/C13H14F3NO3/c14-13(15,16)11-4-2-1-3-10(11)12(19)17-5-6-20-8-9(17)7-18/h1-4,9,18H,5-8H2/t9-/m0/s1. The zero-order chi connectivity index (χ0) is 14.8. The second-order valence-corrected chi connectivity index (χ2v) is 4.45. The fourth-order valence-corrected chi connectivity index (χ4v) is 2.14. The number of benzene rings is 1.